The van der Waals surface area contributed by atoms with Crippen molar-refractivity contribution in [3.63, 3.8) is 0 Å². The summed E-state index contributed by atoms with van der Waals surface area (Å²) in [5, 5.41) is 2.77. The maximum Gasteiger partial charge on any atom is 0.238 e. The standard InChI is InChI=1S/C16H23FN2O/c1-3-8-19(10-13-5-6-13)11-16(20)18-14-7-4-12(2)15(17)9-14/h4,7,9,13H,3,5-6,8,10-11H2,1-2H3,(H,18,20). The second-order valence-electron chi connectivity index (χ2n) is 5.69. The van der Waals surface area contributed by atoms with E-state index < -0.39 is 0 Å². The van der Waals surface area contributed by atoms with Gasteiger partial charge in [-0.2, -0.15) is 0 Å². The van der Waals surface area contributed by atoms with Crippen molar-refractivity contribution in [2.45, 2.75) is 33.1 Å². The van der Waals surface area contributed by atoms with E-state index in [-0.39, 0.29) is 11.7 Å². The summed E-state index contributed by atoms with van der Waals surface area (Å²) in [4.78, 5) is 14.2. The molecule has 1 N–H and O–H groups in total. The lowest BCUT2D eigenvalue weighted by Crippen LogP contribution is -2.35. The van der Waals surface area contributed by atoms with Gasteiger partial charge in [0.15, 0.2) is 0 Å². The Balaban J connectivity index is 1.87. The number of benzene rings is 1. The van der Waals surface area contributed by atoms with Gasteiger partial charge < -0.3 is 5.32 Å². The molecule has 0 unspecified atom stereocenters. The Hall–Kier alpha value is -1.42. The number of carbonyl (C=O) groups excluding carboxylic acids is 1. The van der Waals surface area contributed by atoms with Gasteiger partial charge in [-0.25, -0.2) is 4.39 Å². The van der Waals surface area contributed by atoms with Crippen molar-refractivity contribution < 1.29 is 9.18 Å². The van der Waals surface area contributed by atoms with Crippen molar-refractivity contribution in [2.75, 3.05) is 25.0 Å². The fourth-order valence-corrected chi connectivity index (χ4v) is 2.29. The molecule has 0 atom stereocenters. The highest BCUT2D eigenvalue weighted by Crippen LogP contribution is 2.29. The topological polar surface area (TPSA) is 32.3 Å². The number of nitrogens with one attached hydrogen (secondary N) is 1. The zero-order chi connectivity index (χ0) is 14.5. The number of hydrogen-bond acceptors (Lipinski definition) is 2. The molecule has 1 amide bonds. The van der Waals surface area contributed by atoms with Gasteiger partial charge in [-0.1, -0.05) is 13.0 Å². The van der Waals surface area contributed by atoms with E-state index in [9.17, 15) is 9.18 Å². The van der Waals surface area contributed by atoms with Gasteiger partial charge in [0.1, 0.15) is 5.82 Å². The minimum atomic E-state index is -0.286. The molecule has 1 aliphatic carbocycles. The average Bonchev–Trinajstić information content (AvgIpc) is 3.18. The zero-order valence-electron chi connectivity index (χ0n) is 12.3. The van der Waals surface area contributed by atoms with Crippen molar-refractivity contribution in [2.24, 2.45) is 5.92 Å². The van der Waals surface area contributed by atoms with Gasteiger partial charge >= 0.3 is 0 Å². The van der Waals surface area contributed by atoms with Gasteiger partial charge in [0.2, 0.25) is 5.91 Å². The molecule has 1 saturated carbocycles. The second kappa shape index (κ2) is 6.84. The van der Waals surface area contributed by atoms with Crippen LogP contribution in [0.15, 0.2) is 18.2 Å². The lowest BCUT2D eigenvalue weighted by atomic mass is 10.2. The Morgan fingerprint density at radius 1 is 1.45 bits per heavy atom. The van der Waals surface area contributed by atoms with Gasteiger partial charge in [-0.15, -0.1) is 0 Å². The summed E-state index contributed by atoms with van der Waals surface area (Å²) in [7, 11) is 0. The molecule has 1 aromatic carbocycles. The van der Waals surface area contributed by atoms with E-state index in [4.69, 9.17) is 0 Å². The van der Waals surface area contributed by atoms with Crippen LogP contribution >= 0.6 is 0 Å². The number of halogens is 1. The summed E-state index contributed by atoms with van der Waals surface area (Å²) in [5.41, 5.74) is 1.12. The Morgan fingerprint density at radius 2 is 2.20 bits per heavy atom. The Morgan fingerprint density at radius 3 is 2.80 bits per heavy atom. The normalized spacial score (nSPS) is 14.6. The van der Waals surface area contributed by atoms with Crippen molar-refractivity contribution >= 4 is 11.6 Å². The number of hydrogen-bond donors (Lipinski definition) is 1. The number of nitrogens with zero attached hydrogens (tertiary/aromatic N) is 1. The highest BCUT2D eigenvalue weighted by Gasteiger charge is 2.24. The summed E-state index contributed by atoms with van der Waals surface area (Å²) >= 11 is 0. The van der Waals surface area contributed by atoms with Crippen LogP contribution in [0.1, 0.15) is 31.7 Å². The van der Waals surface area contributed by atoms with Crippen molar-refractivity contribution in [3.8, 4) is 0 Å². The first-order chi connectivity index (χ1) is 9.58. The van der Waals surface area contributed by atoms with Gasteiger partial charge in [0.05, 0.1) is 6.54 Å². The van der Waals surface area contributed by atoms with Crippen LogP contribution in [0.2, 0.25) is 0 Å². The monoisotopic (exact) mass is 278 g/mol. The predicted molar refractivity (Wildman–Crippen MR) is 79.2 cm³/mol. The van der Waals surface area contributed by atoms with E-state index in [0.717, 1.165) is 25.4 Å². The zero-order valence-corrected chi connectivity index (χ0v) is 12.3. The third-order valence-electron chi connectivity index (χ3n) is 3.58. The fraction of sp³-hybridized carbons (Fsp3) is 0.562. The van der Waals surface area contributed by atoms with Crippen molar-refractivity contribution in [1.82, 2.24) is 4.90 Å². The third kappa shape index (κ3) is 4.60. The van der Waals surface area contributed by atoms with Crippen LogP contribution in [-0.2, 0) is 4.79 Å². The molecule has 0 radical (unpaired) electrons. The molecule has 0 spiro atoms. The third-order valence-corrected chi connectivity index (χ3v) is 3.58. The molecule has 0 saturated heterocycles. The summed E-state index contributed by atoms with van der Waals surface area (Å²) in [6.45, 7) is 6.15. The maximum atomic E-state index is 13.4. The molecule has 4 heteroatoms. The first-order valence-electron chi connectivity index (χ1n) is 7.37. The quantitative estimate of drug-likeness (QED) is 0.830. The summed E-state index contributed by atoms with van der Waals surface area (Å²) in [5.74, 6) is 0.416. The number of anilines is 1. The molecule has 0 heterocycles. The Labute approximate surface area is 120 Å². The van der Waals surface area contributed by atoms with E-state index >= 15 is 0 Å². The van der Waals surface area contributed by atoms with Gasteiger partial charge in [0.25, 0.3) is 0 Å². The number of carbonyl (C=O) groups is 1. The SMILES string of the molecule is CCCN(CC(=O)Nc1ccc(C)c(F)c1)CC1CC1. The molecule has 1 aromatic rings. The van der Waals surface area contributed by atoms with E-state index in [1.54, 1.807) is 19.1 Å². The van der Waals surface area contributed by atoms with Crippen LogP contribution in [0, 0.1) is 18.7 Å². The van der Waals surface area contributed by atoms with Crippen LogP contribution in [-0.4, -0.2) is 30.4 Å². The van der Waals surface area contributed by atoms with Gasteiger partial charge in [-0.05, 0) is 56.3 Å². The minimum Gasteiger partial charge on any atom is -0.325 e. The maximum absolute atomic E-state index is 13.4. The lowest BCUT2D eigenvalue weighted by molar-refractivity contribution is -0.117. The number of amides is 1. The van der Waals surface area contributed by atoms with E-state index in [2.05, 4.69) is 17.1 Å². The van der Waals surface area contributed by atoms with Crippen LogP contribution in [0.25, 0.3) is 0 Å². The van der Waals surface area contributed by atoms with Gasteiger partial charge in [-0.3, -0.25) is 9.69 Å². The average molecular weight is 278 g/mol. The van der Waals surface area contributed by atoms with Crippen LogP contribution < -0.4 is 5.32 Å². The molecule has 3 nitrogen and oxygen atoms in total. The van der Waals surface area contributed by atoms with E-state index in [1.807, 2.05) is 0 Å². The Bertz CT molecular complexity index is 472. The number of rotatable bonds is 7. The summed E-state index contributed by atoms with van der Waals surface area (Å²) in [6.07, 6.45) is 3.61. The molecule has 2 rings (SSSR count). The van der Waals surface area contributed by atoms with Gasteiger partial charge in [0, 0.05) is 12.2 Å². The van der Waals surface area contributed by atoms with E-state index in [0.29, 0.717) is 17.8 Å². The first-order valence-corrected chi connectivity index (χ1v) is 7.37. The molecule has 1 fully saturated rings. The highest BCUT2D eigenvalue weighted by atomic mass is 19.1. The molecule has 20 heavy (non-hydrogen) atoms. The molecule has 110 valence electrons. The minimum absolute atomic E-state index is 0.0673. The van der Waals surface area contributed by atoms with Crippen molar-refractivity contribution in [3.05, 3.63) is 29.6 Å². The highest BCUT2D eigenvalue weighted by molar-refractivity contribution is 5.92. The van der Waals surface area contributed by atoms with Crippen molar-refractivity contribution in [1.29, 1.82) is 0 Å². The molecule has 0 bridgehead atoms. The molecule has 0 aromatic heterocycles. The molecular formula is C16H23FN2O. The van der Waals surface area contributed by atoms with Crippen LogP contribution in [0.4, 0.5) is 10.1 Å². The largest absolute Gasteiger partial charge is 0.325 e. The summed E-state index contributed by atoms with van der Waals surface area (Å²) < 4.78 is 13.4. The van der Waals surface area contributed by atoms with Crippen LogP contribution in [0.5, 0.6) is 0 Å². The first kappa shape index (κ1) is 15.0. The predicted octanol–water partition coefficient (Wildman–Crippen LogP) is 3.19. The summed E-state index contributed by atoms with van der Waals surface area (Å²) in [6, 6.07) is 4.79. The molecule has 1 aliphatic rings. The van der Waals surface area contributed by atoms with E-state index in [1.165, 1.54) is 18.9 Å². The Kier molecular flexibility index (Phi) is 5.12. The fourth-order valence-electron chi connectivity index (χ4n) is 2.29. The molecule has 0 aliphatic heterocycles. The smallest absolute Gasteiger partial charge is 0.238 e. The molecular weight excluding hydrogens is 255 g/mol. The number of aryl methyl sites for hydroxylation is 1. The van der Waals surface area contributed by atoms with Crippen LogP contribution in [0.3, 0.4) is 0 Å². The second-order valence-corrected chi connectivity index (χ2v) is 5.69. The lowest BCUT2D eigenvalue weighted by Gasteiger charge is -2.20.